The Bertz CT molecular complexity index is 745. The molecule has 2 heterocycles. The standard InChI is InChI=1S/C16H18N4/c1-3-14-13(10-20(2)19-14)16(17)12-7-6-11-5-4-8-18-15(11)9-12/h4-10,16H,3,17H2,1-2H3. The topological polar surface area (TPSA) is 56.7 Å². The fourth-order valence-electron chi connectivity index (χ4n) is 2.54. The molecule has 0 aliphatic rings. The summed E-state index contributed by atoms with van der Waals surface area (Å²) in [5, 5.41) is 5.59. The van der Waals surface area contributed by atoms with Crippen molar-refractivity contribution in [3.63, 3.8) is 0 Å². The fraction of sp³-hybridized carbons (Fsp3) is 0.250. The van der Waals surface area contributed by atoms with Gasteiger partial charge in [0, 0.05) is 30.4 Å². The van der Waals surface area contributed by atoms with Crippen LogP contribution in [0.4, 0.5) is 0 Å². The van der Waals surface area contributed by atoms with Gasteiger partial charge in [-0.3, -0.25) is 9.67 Å². The van der Waals surface area contributed by atoms with Crippen molar-refractivity contribution in [1.29, 1.82) is 0 Å². The monoisotopic (exact) mass is 266 g/mol. The second kappa shape index (κ2) is 5.06. The molecule has 0 aliphatic carbocycles. The van der Waals surface area contributed by atoms with Gasteiger partial charge in [-0.2, -0.15) is 5.10 Å². The average Bonchev–Trinajstić information content (AvgIpc) is 2.87. The molecule has 0 amide bonds. The van der Waals surface area contributed by atoms with Crippen LogP contribution < -0.4 is 5.73 Å². The Morgan fingerprint density at radius 3 is 2.95 bits per heavy atom. The summed E-state index contributed by atoms with van der Waals surface area (Å²) in [4.78, 5) is 4.39. The lowest BCUT2D eigenvalue weighted by molar-refractivity contribution is 0.746. The Labute approximate surface area is 118 Å². The maximum atomic E-state index is 6.42. The predicted molar refractivity (Wildman–Crippen MR) is 80.4 cm³/mol. The van der Waals surface area contributed by atoms with Gasteiger partial charge in [0.1, 0.15) is 0 Å². The van der Waals surface area contributed by atoms with Gasteiger partial charge in [-0.25, -0.2) is 0 Å². The summed E-state index contributed by atoms with van der Waals surface area (Å²) in [5.41, 5.74) is 10.6. The number of nitrogens with zero attached hydrogens (tertiary/aromatic N) is 3. The van der Waals surface area contributed by atoms with Crippen molar-refractivity contribution in [2.75, 3.05) is 0 Å². The highest BCUT2D eigenvalue weighted by molar-refractivity contribution is 5.79. The van der Waals surface area contributed by atoms with Crippen molar-refractivity contribution in [1.82, 2.24) is 14.8 Å². The maximum Gasteiger partial charge on any atom is 0.0705 e. The first-order chi connectivity index (χ1) is 9.69. The van der Waals surface area contributed by atoms with Crippen LogP contribution in [0.2, 0.25) is 0 Å². The molecule has 0 spiro atoms. The molecule has 1 aromatic carbocycles. The van der Waals surface area contributed by atoms with Gasteiger partial charge in [0.2, 0.25) is 0 Å². The van der Waals surface area contributed by atoms with Gasteiger partial charge in [0.15, 0.2) is 0 Å². The minimum absolute atomic E-state index is 0.162. The molecule has 0 radical (unpaired) electrons. The van der Waals surface area contributed by atoms with E-state index in [-0.39, 0.29) is 6.04 Å². The first kappa shape index (κ1) is 12.8. The number of benzene rings is 1. The number of pyridine rings is 1. The van der Waals surface area contributed by atoms with Crippen LogP contribution >= 0.6 is 0 Å². The molecule has 4 heteroatoms. The van der Waals surface area contributed by atoms with Crippen LogP contribution in [0.5, 0.6) is 0 Å². The molecule has 2 aromatic heterocycles. The zero-order valence-corrected chi connectivity index (χ0v) is 11.7. The van der Waals surface area contributed by atoms with Crippen LogP contribution in [-0.4, -0.2) is 14.8 Å². The molecule has 0 fully saturated rings. The van der Waals surface area contributed by atoms with Crippen molar-refractivity contribution in [3.8, 4) is 0 Å². The van der Waals surface area contributed by atoms with Gasteiger partial charge in [0.05, 0.1) is 17.3 Å². The third-order valence-electron chi connectivity index (χ3n) is 3.60. The smallest absolute Gasteiger partial charge is 0.0705 e. The van der Waals surface area contributed by atoms with E-state index in [9.17, 15) is 0 Å². The molecule has 20 heavy (non-hydrogen) atoms. The second-order valence-electron chi connectivity index (χ2n) is 4.99. The molecule has 1 unspecified atom stereocenters. The van der Waals surface area contributed by atoms with E-state index < -0.39 is 0 Å². The number of aryl methyl sites for hydroxylation is 2. The summed E-state index contributed by atoms with van der Waals surface area (Å²) in [7, 11) is 1.93. The van der Waals surface area contributed by atoms with Crippen LogP contribution in [0.25, 0.3) is 10.9 Å². The van der Waals surface area contributed by atoms with Crippen LogP contribution in [0.15, 0.2) is 42.7 Å². The first-order valence-corrected chi connectivity index (χ1v) is 6.81. The summed E-state index contributed by atoms with van der Waals surface area (Å²) in [6.45, 7) is 2.10. The second-order valence-corrected chi connectivity index (χ2v) is 4.99. The normalized spacial score (nSPS) is 12.8. The lowest BCUT2D eigenvalue weighted by Crippen LogP contribution is -2.13. The summed E-state index contributed by atoms with van der Waals surface area (Å²) in [6, 6.07) is 10.0. The zero-order valence-electron chi connectivity index (χ0n) is 11.7. The fourth-order valence-corrected chi connectivity index (χ4v) is 2.54. The highest BCUT2D eigenvalue weighted by Crippen LogP contribution is 2.25. The van der Waals surface area contributed by atoms with E-state index in [2.05, 4.69) is 41.3 Å². The van der Waals surface area contributed by atoms with E-state index in [1.54, 1.807) is 6.20 Å². The Morgan fingerprint density at radius 2 is 2.15 bits per heavy atom. The van der Waals surface area contributed by atoms with E-state index in [0.717, 1.165) is 34.1 Å². The molecular formula is C16H18N4. The van der Waals surface area contributed by atoms with E-state index >= 15 is 0 Å². The van der Waals surface area contributed by atoms with Gasteiger partial charge in [-0.1, -0.05) is 25.1 Å². The summed E-state index contributed by atoms with van der Waals surface area (Å²) in [5.74, 6) is 0. The molecule has 1 atom stereocenters. The molecule has 3 rings (SSSR count). The molecule has 0 bridgehead atoms. The Balaban J connectivity index is 2.05. The number of rotatable bonds is 3. The van der Waals surface area contributed by atoms with Crippen molar-refractivity contribution in [2.45, 2.75) is 19.4 Å². The van der Waals surface area contributed by atoms with Crippen molar-refractivity contribution < 1.29 is 0 Å². The lowest BCUT2D eigenvalue weighted by atomic mass is 9.98. The quantitative estimate of drug-likeness (QED) is 0.792. The zero-order chi connectivity index (χ0) is 14.1. The van der Waals surface area contributed by atoms with Gasteiger partial charge in [-0.05, 0) is 24.1 Å². The molecule has 0 aliphatic heterocycles. The third kappa shape index (κ3) is 2.18. The first-order valence-electron chi connectivity index (χ1n) is 6.81. The number of hydrogen-bond donors (Lipinski definition) is 1. The highest BCUT2D eigenvalue weighted by Gasteiger charge is 2.16. The van der Waals surface area contributed by atoms with Crippen LogP contribution in [0.3, 0.4) is 0 Å². The minimum Gasteiger partial charge on any atom is -0.320 e. The Kier molecular flexibility index (Phi) is 3.24. The summed E-state index contributed by atoms with van der Waals surface area (Å²) in [6.07, 6.45) is 4.70. The molecule has 2 N–H and O–H groups in total. The van der Waals surface area contributed by atoms with E-state index in [1.165, 1.54) is 0 Å². The van der Waals surface area contributed by atoms with Crippen molar-refractivity contribution >= 4 is 10.9 Å². The SMILES string of the molecule is CCc1nn(C)cc1C(N)c1ccc2cccnc2c1. The van der Waals surface area contributed by atoms with Crippen LogP contribution in [0, 0.1) is 0 Å². The number of aromatic nitrogens is 3. The maximum absolute atomic E-state index is 6.42. The highest BCUT2D eigenvalue weighted by atomic mass is 15.3. The molecule has 0 saturated carbocycles. The Hall–Kier alpha value is -2.20. The average molecular weight is 266 g/mol. The molecule has 3 aromatic rings. The summed E-state index contributed by atoms with van der Waals surface area (Å²) < 4.78 is 1.83. The predicted octanol–water partition coefficient (Wildman–Crippen LogP) is 2.58. The van der Waals surface area contributed by atoms with Crippen LogP contribution in [-0.2, 0) is 13.5 Å². The lowest BCUT2D eigenvalue weighted by Gasteiger charge is -2.12. The van der Waals surface area contributed by atoms with Gasteiger partial charge in [-0.15, -0.1) is 0 Å². The number of hydrogen-bond acceptors (Lipinski definition) is 3. The Morgan fingerprint density at radius 1 is 1.30 bits per heavy atom. The largest absolute Gasteiger partial charge is 0.320 e. The number of fused-ring (bicyclic) bond motifs is 1. The van der Waals surface area contributed by atoms with E-state index in [1.807, 2.05) is 24.0 Å². The third-order valence-corrected chi connectivity index (χ3v) is 3.60. The molecule has 102 valence electrons. The van der Waals surface area contributed by atoms with Gasteiger partial charge in [0.25, 0.3) is 0 Å². The van der Waals surface area contributed by atoms with Gasteiger partial charge < -0.3 is 5.73 Å². The molecule has 4 nitrogen and oxygen atoms in total. The number of nitrogens with two attached hydrogens (primary N) is 1. The van der Waals surface area contributed by atoms with E-state index in [0.29, 0.717) is 0 Å². The summed E-state index contributed by atoms with van der Waals surface area (Å²) >= 11 is 0. The van der Waals surface area contributed by atoms with E-state index in [4.69, 9.17) is 5.73 Å². The molecule has 0 saturated heterocycles. The molecular weight excluding hydrogens is 248 g/mol. The van der Waals surface area contributed by atoms with Crippen molar-refractivity contribution in [2.24, 2.45) is 12.8 Å². The van der Waals surface area contributed by atoms with Gasteiger partial charge >= 0.3 is 0 Å². The minimum atomic E-state index is -0.162. The van der Waals surface area contributed by atoms with Crippen LogP contribution in [0.1, 0.15) is 29.8 Å². The van der Waals surface area contributed by atoms with Crippen molar-refractivity contribution in [3.05, 3.63) is 59.5 Å².